The minimum atomic E-state index is -3.63. The monoisotopic (exact) mass is 354 g/mol. The molecule has 0 saturated carbocycles. The highest BCUT2D eigenvalue weighted by molar-refractivity contribution is 7.94. The van der Waals surface area contributed by atoms with Crippen molar-refractivity contribution < 1.29 is 22.7 Å². The summed E-state index contributed by atoms with van der Waals surface area (Å²) in [5.74, 6) is -1.43. The number of rotatable bonds is 7. The molecule has 1 heterocycles. The predicted molar refractivity (Wildman–Crippen MR) is 90.3 cm³/mol. The van der Waals surface area contributed by atoms with Crippen LogP contribution < -0.4 is 9.62 Å². The summed E-state index contributed by atoms with van der Waals surface area (Å²) in [6.07, 6.45) is 0.718. The lowest BCUT2D eigenvalue weighted by Crippen LogP contribution is -2.30. The summed E-state index contributed by atoms with van der Waals surface area (Å²) in [6, 6.07) is 5.98. The molecule has 7 nitrogen and oxygen atoms in total. The molecule has 1 fully saturated rings. The summed E-state index contributed by atoms with van der Waals surface area (Å²) >= 11 is 0. The maximum atomic E-state index is 12.0. The van der Waals surface area contributed by atoms with Gasteiger partial charge in [-0.25, -0.2) is 12.7 Å². The lowest BCUT2D eigenvalue weighted by molar-refractivity contribution is -0.119. The molecule has 1 aromatic rings. The van der Waals surface area contributed by atoms with Crippen LogP contribution in [-0.2, 0) is 19.6 Å². The molecule has 132 valence electrons. The van der Waals surface area contributed by atoms with E-state index in [2.05, 4.69) is 5.32 Å². The van der Waals surface area contributed by atoms with Gasteiger partial charge in [0.15, 0.2) is 0 Å². The molecule has 1 aliphatic rings. The number of benzene rings is 1. The predicted octanol–water partition coefficient (Wildman–Crippen LogP) is 1.16. The van der Waals surface area contributed by atoms with E-state index in [1.807, 2.05) is 6.92 Å². The number of carbonyl (C=O) groups is 2. The Labute approximate surface area is 142 Å². The van der Waals surface area contributed by atoms with Crippen molar-refractivity contribution >= 4 is 27.5 Å². The smallest absolute Gasteiger partial charge is 0.251 e. The minimum absolute atomic E-state index is 0.187. The van der Waals surface area contributed by atoms with Crippen LogP contribution in [0.15, 0.2) is 24.3 Å². The van der Waals surface area contributed by atoms with Crippen molar-refractivity contribution in [3.8, 4) is 0 Å². The second-order valence-electron chi connectivity index (χ2n) is 5.64. The standard InChI is InChI=1S/C16H22N2O5S/c1-3-23-10-4-9-17-15(19)13-5-7-14(8-6-13)18-16(20)12(2)11-24(18,21)22/h5-8,12H,3-4,9-11H2,1-2H3,(H,17,19). The van der Waals surface area contributed by atoms with Gasteiger partial charge in [0.1, 0.15) is 0 Å². The van der Waals surface area contributed by atoms with Crippen molar-refractivity contribution in [2.45, 2.75) is 20.3 Å². The van der Waals surface area contributed by atoms with E-state index < -0.39 is 21.8 Å². The van der Waals surface area contributed by atoms with Crippen LogP contribution in [0.5, 0.6) is 0 Å². The Morgan fingerprint density at radius 2 is 2.00 bits per heavy atom. The number of nitrogens with zero attached hydrogens (tertiary/aromatic N) is 1. The SMILES string of the molecule is CCOCCCNC(=O)c1ccc(N2C(=O)C(C)CS2(=O)=O)cc1. The molecule has 1 aliphatic heterocycles. The number of nitrogens with one attached hydrogen (secondary N) is 1. The number of anilines is 1. The largest absolute Gasteiger partial charge is 0.382 e. The molecule has 1 unspecified atom stereocenters. The molecule has 0 aromatic heterocycles. The van der Waals surface area contributed by atoms with Gasteiger partial charge in [-0.05, 0) is 37.6 Å². The summed E-state index contributed by atoms with van der Waals surface area (Å²) in [5, 5.41) is 2.76. The molecule has 2 rings (SSSR count). The summed E-state index contributed by atoms with van der Waals surface area (Å²) in [5.41, 5.74) is 0.671. The Kier molecular flexibility index (Phi) is 5.95. The van der Waals surface area contributed by atoms with Crippen molar-refractivity contribution in [2.75, 3.05) is 29.8 Å². The van der Waals surface area contributed by atoms with Gasteiger partial charge in [0.25, 0.3) is 5.91 Å². The second kappa shape index (κ2) is 7.76. The number of hydrogen-bond acceptors (Lipinski definition) is 5. The van der Waals surface area contributed by atoms with Crippen LogP contribution in [0.3, 0.4) is 0 Å². The van der Waals surface area contributed by atoms with Crippen molar-refractivity contribution in [3.05, 3.63) is 29.8 Å². The maximum absolute atomic E-state index is 12.0. The molecule has 2 amide bonds. The lowest BCUT2D eigenvalue weighted by atomic mass is 10.1. The van der Waals surface area contributed by atoms with Gasteiger partial charge < -0.3 is 10.1 Å². The van der Waals surface area contributed by atoms with Crippen LogP contribution in [0.2, 0.25) is 0 Å². The molecule has 0 aliphatic carbocycles. The molecule has 0 bridgehead atoms. The first-order valence-corrected chi connectivity index (χ1v) is 9.50. The average Bonchev–Trinajstić information content (AvgIpc) is 2.75. The fourth-order valence-electron chi connectivity index (χ4n) is 2.46. The third-order valence-electron chi connectivity index (χ3n) is 3.68. The van der Waals surface area contributed by atoms with E-state index in [0.717, 1.165) is 10.7 Å². The number of carbonyl (C=O) groups excluding carboxylic acids is 2. The van der Waals surface area contributed by atoms with Gasteiger partial charge in [0, 0.05) is 25.3 Å². The zero-order valence-electron chi connectivity index (χ0n) is 13.8. The van der Waals surface area contributed by atoms with E-state index in [-0.39, 0.29) is 17.3 Å². The first-order chi connectivity index (χ1) is 11.4. The normalized spacial score (nSPS) is 19.5. The molecule has 8 heteroatoms. The Morgan fingerprint density at radius 1 is 1.33 bits per heavy atom. The molecule has 0 radical (unpaired) electrons. The Morgan fingerprint density at radius 3 is 2.54 bits per heavy atom. The molecule has 1 aromatic carbocycles. The van der Waals surface area contributed by atoms with Crippen LogP contribution in [0.4, 0.5) is 5.69 Å². The van der Waals surface area contributed by atoms with Gasteiger partial charge in [-0.3, -0.25) is 9.59 Å². The van der Waals surface area contributed by atoms with Crippen LogP contribution in [0.25, 0.3) is 0 Å². The minimum Gasteiger partial charge on any atom is -0.382 e. The van der Waals surface area contributed by atoms with Gasteiger partial charge >= 0.3 is 0 Å². The van der Waals surface area contributed by atoms with E-state index in [0.29, 0.717) is 25.3 Å². The fraction of sp³-hybridized carbons (Fsp3) is 0.500. The summed E-state index contributed by atoms with van der Waals surface area (Å²) in [4.78, 5) is 24.0. The topological polar surface area (TPSA) is 92.8 Å². The maximum Gasteiger partial charge on any atom is 0.251 e. The molecular formula is C16H22N2O5S. The van der Waals surface area contributed by atoms with Crippen molar-refractivity contribution in [2.24, 2.45) is 5.92 Å². The summed E-state index contributed by atoms with van der Waals surface area (Å²) in [7, 11) is -3.63. The second-order valence-corrected chi connectivity index (χ2v) is 7.50. The van der Waals surface area contributed by atoms with Crippen LogP contribution in [-0.4, -0.2) is 45.7 Å². The van der Waals surface area contributed by atoms with Gasteiger partial charge in [-0.15, -0.1) is 0 Å². The quantitative estimate of drug-likeness (QED) is 0.742. The van der Waals surface area contributed by atoms with Crippen LogP contribution in [0.1, 0.15) is 30.6 Å². The third-order valence-corrected chi connectivity index (χ3v) is 5.55. The first-order valence-electron chi connectivity index (χ1n) is 7.89. The van der Waals surface area contributed by atoms with Crippen molar-refractivity contribution in [1.82, 2.24) is 5.32 Å². The number of amides is 2. The Bertz CT molecular complexity index is 700. The van der Waals surface area contributed by atoms with E-state index >= 15 is 0 Å². The van der Waals surface area contributed by atoms with E-state index in [1.165, 1.54) is 24.3 Å². The molecule has 1 N–H and O–H groups in total. The molecular weight excluding hydrogens is 332 g/mol. The van der Waals surface area contributed by atoms with E-state index in [9.17, 15) is 18.0 Å². The van der Waals surface area contributed by atoms with Crippen molar-refractivity contribution in [1.29, 1.82) is 0 Å². The number of ether oxygens (including phenoxy) is 1. The zero-order chi connectivity index (χ0) is 17.7. The summed E-state index contributed by atoms with van der Waals surface area (Å²) in [6.45, 7) is 5.22. The van der Waals surface area contributed by atoms with Gasteiger partial charge in [0.05, 0.1) is 17.4 Å². The Balaban J connectivity index is 2.00. The highest BCUT2D eigenvalue weighted by Crippen LogP contribution is 2.28. The molecule has 0 spiro atoms. The number of sulfonamides is 1. The Hall–Kier alpha value is -1.93. The van der Waals surface area contributed by atoms with Crippen molar-refractivity contribution in [3.63, 3.8) is 0 Å². The third kappa shape index (κ3) is 4.12. The molecule has 1 atom stereocenters. The van der Waals surface area contributed by atoms with Gasteiger partial charge in [-0.1, -0.05) is 6.92 Å². The molecule has 24 heavy (non-hydrogen) atoms. The lowest BCUT2D eigenvalue weighted by Gasteiger charge is -2.15. The first kappa shape index (κ1) is 18.4. The number of hydrogen-bond donors (Lipinski definition) is 1. The van der Waals surface area contributed by atoms with Gasteiger partial charge in [-0.2, -0.15) is 0 Å². The fourth-order valence-corrected chi connectivity index (χ4v) is 4.28. The molecule has 1 saturated heterocycles. The zero-order valence-corrected chi connectivity index (χ0v) is 14.6. The highest BCUT2D eigenvalue weighted by atomic mass is 32.2. The van der Waals surface area contributed by atoms with E-state index in [1.54, 1.807) is 6.92 Å². The average molecular weight is 354 g/mol. The van der Waals surface area contributed by atoms with Gasteiger partial charge in [0.2, 0.25) is 15.9 Å². The summed E-state index contributed by atoms with van der Waals surface area (Å²) < 4.78 is 30.1. The van der Waals surface area contributed by atoms with Crippen LogP contribution in [0, 0.1) is 5.92 Å². The van der Waals surface area contributed by atoms with E-state index in [4.69, 9.17) is 4.74 Å². The van der Waals surface area contributed by atoms with Crippen LogP contribution >= 0.6 is 0 Å². The highest BCUT2D eigenvalue weighted by Gasteiger charge is 2.41.